The van der Waals surface area contributed by atoms with Crippen molar-refractivity contribution in [1.82, 2.24) is 4.90 Å². The Kier molecular flexibility index (Phi) is 5.35. The van der Waals surface area contributed by atoms with Crippen molar-refractivity contribution in [3.8, 4) is 17.2 Å². The van der Waals surface area contributed by atoms with Crippen molar-refractivity contribution >= 4 is 5.91 Å². The molecule has 0 unspecified atom stereocenters. The standard InChI is InChI=1S/C25H21FN2O2/c1-16-7-2-3-10-19(16)20-11-4-5-12-21(20)24-22(14-27)28(23(24)15-29)25(30)17-8-6-9-18(26)13-17/h2-13,22-24,29H,15H2,1H3/t22-,23+,24-/m1/s1. The lowest BCUT2D eigenvalue weighted by Gasteiger charge is -2.52. The first-order valence-corrected chi connectivity index (χ1v) is 9.80. The van der Waals surface area contributed by atoms with Crippen molar-refractivity contribution in [2.24, 2.45) is 0 Å². The van der Waals surface area contributed by atoms with Crippen LogP contribution in [0, 0.1) is 24.1 Å². The van der Waals surface area contributed by atoms with E-state index in [4.69, 9.17) is 0 Å². The fraction of sp³-hybridized carbons (Fsp3) is 0.200. The van der Waals surface area contributed by atoms with Crippen molar-refractivity contribution < 1.29 is 14.3 Å². The van der Waals surface area contributed by atoms with Gasteiger partial charge in [0.05, 0.1) is 18.7 Å². The van der Waals surface area contributed by atoms with Crippen LogP contribution in [-0.2, 0) is 0 Å². The second-order valence-electron chi connectivity index (χ2n) is 7.47. The van der Waals surface area contributed by atoms with E-state index in [1.807, 2.05) is 55.5 Å². The molecule has 0 bridgehead atoms. The summed E-state index contributed by atoms with van der Waals surface area (Å²) in [5, 5.41) is 20.0. The third-order valence-electron chi connectivity index (χ3n) is 5.79. The number of amides is 1. The van der Waals surface area contributed by atoms with Crippen LogP contribution in [-0.4, -0.2) is 34.6 Å². The van der Waals surface area contributed by atoms with Crippen LogP contribution in [0.3, 0.4) is 0 Å². The number of aliphatic hydroxyl groups excluding tert-OH is 1. The van der Waals surface area contributed by atoms with E-state index < -0.39 is 23.8 Å². The summed E-state index contributed by atoms with van der Waals surface area (Å²) in [6.45, 7) is 1.74. The maximum absolute atomic E-state index is 13.6. The summed E-state index contributed by atoms with van der Waals surface area (Å²) in [7, 11) is 0. The third kappa shape index (κ3) is 3.26. The number of rotatable bonds is 4. The number of nitriles is 1. The van der Waals surface area contributed by atoms with Gasteiger partial charge in [0.2, 0.25) is 0 Å². The molecule has 3 aromatic carbocycles. The third-order valence-corrected chi connectivity index (χ3v) is 5.79. The normalized spacial score (nSPS) is 20.3. The number of aryl methyl sites for hydroxylation is 1. The van der Waals surface area contributed by atoms with Gasteiger partial charge in [-0.3, -0.25) is 4.79 Å². The van der Waals surface area contributed by atoms with Gasteiger partial charge in [-0.05, 0) is 47.4 Å². The Morgan fingerprint density at radius 1 is 1.07 bits per heavy atom. The number of nitrogens with zero attached hydrogens (tertiary/aromatic N) is 2. The highest BCUT2D eigenvalue weighted by atomic mass is 19.1. The number of carbonyl (C=O) groups excluding carboxylic acids is 1. The van der Waals surface area contributed by atoms with Gasteiger partial charge in [-0.25, -0.2) is 4.39 Å². The van der Waals surface area contributed by atoms with Crippen molar-refractivity contribution in [2.45, 2.75) is 24.9 Å². The van der Waals surface area contributed by atoms with Crippen LogP contribution in [0.25, 0.3) is 11.1 Å². The number of benzene rings is 3. The average Bonchev–Trinajstić information content (AvgIpc) is 2.74. The topological polar surface area (TPSA) is 64.3 Å². The summed E-state index contributed by atoms with van der Waals surface area (Å²) in [6.07, 6.45) is 0. The van der Waals surface area contributed by atoms with Gasteiger partial charge in [0.15, 0.2) is 0 Å². The molecule has 1 heterocycles. The molecule has 1 N–H and O–H groups in total. The van der Waals surface area contributed by atoms with Crippen molar-refractivity contribution in [1.29, 1.82) is 5.26 Å². The molecule has 3 atom stereocenters. The van der Waals surface area contributed by atoms with E-state index in [0.717, 1.165) is 28.3 Å². The van der Waals surface area contributed by atoms with Gasteiger partial charge in [0, 0.05) is 11.5 Å². The predicted molar refractivity (Wildman–Crippen MR) is 112 cm³/mol. The summed E-state index contributed by atoms with van der Waals surface area (Å²) < 4.78 is 13.6. The maximum atomic E-state index is 13.6. The largest absolute Gasteiger partial charge is 0.394 e. The Bertz CT molecular complexity index is 1140. The smallest absolute Gasteiger partial charge is 0.255 e. The summed E-state index contributed by atoms with van der Waals surface area (Å²) in [5.41, 5.74) is 4.22. The second kappa shape index (κ2) is 8.10. The van der Waals surface area contributed by atoms with Crippen molar-refractivity contribution in [2.75, 3.05) is 6.61 Å². The molecule has 4 rings (SSSR count). The molecular weight excluding hydrogens is 379 g/mol. The quantitative estimate of drug-likeness (QED) is 0.710. The minimum Gasteiger partial charge on any atom is -0.394 e. The van der Waals surface area contributed by atoms with Crippen LogP contribution >= 0.6 is 0 Å². The zero-order valence-electron chi connectivity index (χ0n) is 16.5. The lowest BCUT2D eigenvalue weighted by Crippen LogP contribution is -2.65. The van der Waals surface area contributed by atoms with E-state index >= 15 is 0 Å². The number of halogens is 1. The Morgan fingerprint density at radius 2 is 1.77 bits per heavy atom. The fourth-order valence-corrected chi connectivity index (χ4v) is 4.34. The molecule has 4 nitrogen and oxygen atoms in total. The molecule has 3 aromatic rings. The Morgan fingerprint density at radius 3 is 2.43 bits per heavy atom. The van der Waals surface area contributed by atoms with Gasteiger partial charge >= 0.3 is 0 Å². The first-order chi connectivity index (χ1) is 14.6. The van der Waals surface area contributed by atoms with E-state index in [-0.39, 0.29) is 18.1 Å². The summed E-state index contributed by atoms with van der Waals surface area (Å²) in [4.78, 5) is 14.4. The van der Waals surface area contributed by atoms with Gasteiger partial charge < -0.3 is 10.0 Å². The van der Waals surface area contributed by atoms with E-state index in [9.17, 15) is 19.6 Å². The molecule has 1 amide bonds. The molecule has 1 aliphatic rings. The number of carbonyl (C=O) groups is 1. The number of likely N-dealkylation sites (tertiary alicyclic amines) is 1. The molecule has 30 heavy (non-hydrogen) atoms. The first kappa shape index (κ1) is 19.8. The van der Waals surface area contributed by atoms with Crippen LogP contribution in [0.15, 0.2) is 72.8 Å². The highest BCUT2D eigenvalue weighted by Crippen LogP contribution is 2.45. The monoisotopic (exact) mass is 400 g/mol. The number of hydrogen-bond donors (Lipinski definition) is 1. The fourth-order valence-electron chi connectivity index (χ4n) is 4.34. The van der Waals surface area contributed by atoms with Crippen LogP contribution in [0.2, 0.25) is 0 Å². The van der Waals surface area contributed by atoms with E-state index in [0.29, 0.717) is 0 Å². The zero-order chi connectivity index (χ0) is 21.3. The highest BCUT2D eigenvalue weighted by molar-refractivity contribution is 5.96. The number of hydrogen-bond acceptors (Lipinski definition) is 3. The predicted octanol–water partition coefficient (Wildman–Crippen LogP) is 4.29. The SMILES string of the molecule is Cc1ccccc1-c1ccccc1[C@@H]1[C@@H](C#N)N(C(=O)c2cccc(F)c2)[C@H]1CO. The van der Waals surface area contributed by atoms with Crippen molar-refractivity contribution in [3.05, 3.63) is 95.3 Å². The molecule has 0 spiro atoms. The highest BCUT2D eigenvalue weighted by Gasteiger charge is 2.52. The average molecular weight is 400 g/mol. The second-order valence-corrected chi connectivity index (χ2v) is 7.47. The van der Waals surface area contributed by atoms with Crippen molar-refractivity contribution in [3.63, 3.8) is 0 Å². The van der Waals surface area contributed by atoms with Gasteiger partial charge in [-0.2, -0.15) is 5.26 Å². The molecule has 5 heteroatoms. The molecule has 1 saturated heterocycles. The summed E-state index contributed by atoms with van der Waals surface area (Å²) >= 11 is 0. The molecule has 150 valence electrons. The van der Waals surface area contributed by atoms with Crippen LogP contribution in [0.1, 0.15) is 27.4 Å². The number of aliphatic hydroxyl groups is 1. The molecule has 1 aliphatic heterocycles. The lowest BCUT2D eigenvalue weighted by molar-refractivity contribution is -0.00574. The van der Waals surface area contributed by atoms with Gasteiger partial charge in [0.1, 0.15) is 11.9 Å². The van der Waals surface area contributed by atoms with E-state index in [2.05, 4.69) is 6.07 Å². The van der Waals surface area contributed by atoms with Crippen LogP contribution < -0.4 is 0 Å². The van der Waals surface area contributed by atoms with Crippen LogP contribution in [0.4, 0.5) is 4.39 Å². The maximum Gasteiger partial charge on any atom is 0.255 e. The molecule has 0 aromatic heterocycles. The Hall–Kier alpha value is -3.49. The van der Waals surface area contributed by atoms with Gasteiger partial charge in [-0.15, -0.1) is 0 Å². The van der Waals surface area contributed by atoms with E-state index in [1.54, 1.807) is 0 Å². The first-order valence-electron chi connectivity index (χ1n) is 9.80. The molecule has 0 aliphatic carbocycles. The van der Waals surface area contributed by atoms with Crippen LogP contribution in [0.5, 0.6) is 0 Å². The molecular formula is C25H21FN2O2. The Balaban J connectivity index is 1.74. The van der Waals surface area contributed by atoms with Gasteiger partial charge in [0.25, 0.3) is 5.91 Å². The molecule has 0 saturated carbocycles. The lowest BCUT2D eigenvalue weighted by atomic mass is 9.73. The minimum atomic E-state index is -0.747. The minimum absolute atomic E-state index is 0.166. The van der Waals surface area contributed by atoms with Gasteiger partial charge in [-0.1, -0.05) is 54.6 Å². The molecule has 0 radical (unpaired) electrons. The Labute approximate surface area is 174 Å². The summed E-state index contributed by atoms with van der Waals surface area (Å²) in [6, 6.07) is 22.1. The van der Waals surface area contributed by atoms with E-state index in [1.165, 1.54) is 23.1 Å². The zero-order valence-corrected chi connectivity index (χ0v) is 16.5. The summed E-state index contributed by atoms with van der Waals surface area (Å²) in [5.74, 6) is -1.31. The molecule has 1 fully saturated rings.